The molecule has 18 heavy (non-hydrogen) atoms. The Bertz CT molecular complexity index is 532. The average molecular weight is 242 g/mol. The van der Waals surface area contributed by atoms with Crippen LogP contribution in [0.5, 0.6) is 0 Å². The Hall–Kier alpha value is -2.03. The first-order valence-electron chi connectivity index (χ1n) is 5.82. The Morgan fingerprint density at radius 3 is 2.11 bits per heavy atom. The Balaban J connectivity index is 2.35. The van der Waals surface area contributed by atoms with E-state index in [4.69, 9.17) is 0 Å². The quantitative estimate of drug-likeness (QED) is 0.604. The number of hydrogen-bond acceptors (Lipinski definition) is 3. The number of rotatable bonds is 3. The van der Waals surface area contributed by atoms with E-state index >= 15 is 0 Å². The van der Waals surface area contributed by atoms with Crippen LogP contribution in [0, 0.1) is 5.41 Å². The van der Waals surface area contributed by atoms with Crippen LogP contribution in [0.3, 0.4) is 0 Å². The van der Waals surface area contributed by atoms with Crippen LogP contribution in [0.15, 0.2) is 36.4 Å². The third kappa shape index (κ3) is 1.82. The molecule has 0 radical (unpaired) electrons. The maximum Gasteiger partial charge on any atom is 0.177 e. The number of allylic oxidation sites excluding steroid dienone is 2. The van der Waals surface area contributed by atoms with Gasteiger partial charge in [0.15, 0.2) is 17.3 Å². The molecule has 1 aromatic rings. The molecule has 0 amide bonds. The molecule has 0 spiro atoms. The zero-order valence-electron chi connectivity index (χ0n) is 10.4. The van der Waals surface area contributed by atoms with Crippen LogP contribution >= 0.6 is 0 Å². The summed E-state index contributed by atoms with van der Waals surface area (Å²) in [5.41, 5.74) is -0.0854. The van der Waals surface area contributed by atoms with Crippen molar-refractivity contribution in [3.8, 4) is 0 Å². The fourth-order valence-corrected chi connectivity index (χ4v) is 2.22. The minimum atomic E-state index is -1.06. The molecular formula is C15H14O3. The van der Waals surface area contributed by atoms with Crippen molar-refractivity contribution >= 4 is 17.3 Å². The van der Waals surface area contributed by atoms with Crippen molar-refractivity contribution in [3.63, 3.8) is 0 Å². The van der Waals surface area contributed by atoms with Gasteiger partial charge < -0.3 is 0 Å². The summed E-state index contributed by atoms with van der Waals surface area (Å²) in [6.07, 6.45) is 3.26. The average Bonchev–Trinajstić information content (AvgIpc) is 2.53. The van der Waals surface area contributed by atoms with E-state index in [0.29, 0.717) is 11.1 Å². The molecule has 3 heteroatoms. The number of Topliss-reactive ketones (excluding diaryl/α,β-unsaturated/α-hetero) is 2. The molecule has 92 valence electrons. The molecule has 0 atom stereocenters. The van der Waals surface area contributed by atoms with Gasteiger partial charge in [0.2, 0.25) is 0 Å². The van der Waals surface area contributed by atoms with Crippen molar-refractivity contribution in [1.82, 2.24) is 0 Å². The smallest absolute Gasteiger partial charge is 0.177 e. The summed E-state index contributed by atoms with van der Waals surface area (Å²) in [6.45, 7) is 3.08. The largest absolute Gasteiger partial charge is 0.295 e. The molecule has 0 bridgehead atoms. The van der Waals surface area contributed by atoms with Crippen LogP contribution in [0.1, 0.15) is 41.0 Å². The van der Waals surface area contributed by atoms with Gasteiger partial charge in [-0.05, 0) is 26.3 Å². The lowest BCUT2D eigenvalue weighted by atomic mass is 9.81. The van der Waals surface area contributed by atoms with Gasteiger partial charge in [-0.2, -0.15) is 0 Å². The maximum absolute atomic E-state index is 12.3. The highest BCUT2D eigenvalue weighted by Gasteiger charge is 2.48. The molecule has 1 aliphatic rings. The first kappa shape index (κ1) is 12.4. The third-order valence-electron chi connectivity index (χ3n) is 3.30. The second-order valence-electron chi connectivity index (χ2n) is 4.75. The summed E-state index contributed by atoms with van der Waals surface area (Å²) >= 11 is 0. The van der Waals surface area contributed by atoms with Gasteiger partial charge in [-0.1, -0.05) is 30.3 Å². The number of fused-ring (bicyclic) bond motifs is 1. The summed E-state index contributed by atoms with van der Waals surface area (Å²) in [6, 6.07) is 6.85. The van der Waals surface area contributed by atoms with E-state index in [2.05, 4.69) is 0 Å². The molecule has 3 nitrogen and oxygen atoms in total. The van der Waals surface area contributed by atoms with Gasteiger partial charge in [0.05, 0.1) is 5.41 Å². The summed E-state index contributed by atoms with van der Waals surface area (Å²) in [5, 5.41) is 0. The van der Waals surface area contributed by atoms with E-state index < -0.39 is 5.41 Å². The van der Waals surface area contributed by atoms with Crippen LogP contribution in [-0.2, 0) is 4.79 Å². The Kier molecular flexibility index (Phi) is 2.99. The maximum atomic E-state index is 12.3. The molecule has 0 aliphatic heterocycles. The second kappa shape index (κ2) is 4.33. The zero-order chi connectivity index (χ0) is 13.3. The van der Waals surface area contributed by atoms with Crippen molar-refractivity contribution in [2.45, 2.75) is 20.3 Å². The van der Waals surface area contributed by atoms with Gasteiger partial charge in [0.1, 0.15) is 0 Å². The molecule has 1 aliphatic carbocycles. The van der Waals surface area contributed by atoms with Crippen molar-refractivity contribution < 1.29 is 14.4 Å². The molecule has 0 saturated heterocycles. The van der Waals surface area contributed by atoms with E-state index in [-0.39, 0.29) is 23.8 Å². The topological polar surface area (TPSA) is 51.2 Å². The van der Waals surface area contributed by atoms with Crippen LogP contribution in [-0.4, -0.2) is 17.3 Å². The highest BCUT2D eigenvalue weighted by atomic mass is 16.2. The van der Waals surface area contributed by atoms with Crippen molar-refractivity contribution in [3.05, 3.63) is 47.5 Å². The monoisotopic (exact) mass is 242 g/mol. The molecule has 0 unspecified atom stereocenters. The van der Waals surface area contributed by atoms with Crippen LogP contribution in [0.4, 0.5) is 0 Å². The van der Waals surface area contributed by atoms with Gasteiger partial charge in [-0.3, -0.25) is 14.4 Å². The molecule has 0 saturated carbocycles. The summed E-state index contributed by atoms with van der Waals surface area (Å²) in [4.78, 5) is 35.4. The molecule has 0 N–H and O–H groups in total. The van der Waals surface area contributed by atoms with Gasteiger partial charge in [0, 0.05) is 11.1 Å². The first-order valence-corrected chi connectivity index (χ1v) is 5.82. The van der Waals surface area contributed by atoms with Crippen molar-refractivity contribution in [1.29, 1.82) is 0 Å². The highest BCUT2D eigenvalue weighted by molar-refractivity contribution is 6.29. The molecule has 0 fully saturated rings. The highest BCUT2D eigenvalue weighted by Crippen LogP contribution is 2.39. The molecule has 1 aromatic carbocycles. The van der Waals surface area contributed by atoms with E-state index in [1.54, 1.807) is 37.3 Å². The second-order valence-corrected chi connectivity index (χ2v) is 4.75. The predicted octanol–water partition coefficient (Wildman–Crippen LogP) is 2.61. The lowest BCUT2D eigenvalue weighted by Gasteiger charge is -2.17. The van der Waals surface area contributed by atoms with E-state index in [9.17, 15) is 14.4 Å². The van der Waals surface area contributed by atoms with Gasteiger partial charge in [0.25, 0.3) is 0 Å². The standard InChI is InChI=1S/C15H14O3/c1-10(16)6-5-9-15(2)13(17)11-7-3-4-8-12(11)14(15)18/h3-8H,9H2,1-2H3/b6-5-. The molecule has 0 heterocycles. The van der Waals surface area contributed by atoms with Crippen molar-refractivity contribution in [2.24, 2.45) is 5.41 Å². The number of benzene rings is 1. The van der Waals surface area contributed by atoms with Gasteiger partial charge in [-0.25, -0.2) is 0 Å². The number of hydrogen-bond donors (Lipinski definition) is 0. The van der Waals surface area contributed by atoms with Gasteiger partial charge in [-0.15, -0.1) is 0 Å². The molecule has 2 rings (SSSR count). The predicted molar refractivity (Wildman–Crippen MR) is 67.6 cm³/mol. The Labute approximate surface area is 106 Å². The minimum Gasteiger partial charge on any atom is -0.295 e. The molecular weight excluding hydrogens is 228 g/mol. The van der Waals surface area contributed by atoms with Crippen LogP contribution < -0.4 is 0 Å². The number of ketones is 3. The number of carbonyl (C=O) groups is 3. The third-order valence-corrected chi connectivity index (χ3v) is 3.30. The zero-order valence-corrected chi connectivity index (χ0v) is 10.4. The molecule has 0 aromatic heterocycles. The van der Waals surface area contributed by atoms with Crippen LogP contribution in [0.2, 0.25) is 0 Å². The summed E-state index contributed by atoms with van der Waals surface area (Å²) < 4.78 is 0. The van der Waals surface area contributed by atoms with Crippen molar-refractivity contribution in [2.75, 3.05) is 0 Å². The lowest BCUT2D eigenvalue weighted by molar-refractivity contribution is -0.112. The number of carbonyl (C=O) groups excluding carboxylic acids is 3. The normalized spacial score (nSPS) is 17.2. The summed E-state index contributed by atoms with van der Waals surface area (Å²) in [5.74, 6) is -0.401. The summed E-state index contributed by atoms with van der Waals surface area (Å²) in [7, 11) is 0. The first-order chi connectivity index (χ1) is 8.47. The Morgan fingerprint density at radius 2 is 1.67 bits per heavy atom. The fourth-order valence-electron chi connectivity index (χ4n) is 2.22. The van der Waals surface area contributed by atoms with E-state index in [1.165, 1.54) is 13.0 Å². The SMILES string of the molecule is CC(=O)/C=C\CC1(C)C(=O)c2ccccc2C1=O. The lowest BCUT2D eigenvalue weighted by Crippen LogP contribution is -2.29. The minimum absolute atomic E-state index is 0.0889. The van der Waals surface area contributed by atoms with E-state index in [0.717, 1.165) is 0 Å². The van der Waals surface area contributed by atoms with Crippen LogP contribution in [0.25, 0.3) is 0 Å². The fraction of sp³-hybridized carbons (Fsp3) is 0.267. The van der Waals surface area contributed by atoms with Gasteiger partial charge >= 0.3 is 0 Å². The van der Waals surface area contributed by atoms with E-state index in [1.807, 2.05) is 0 Å². The Morgan fingerprint density at radius 1 is 1.17 bits per heavy atom.